The maximum atomic E-state index is 8.88. The summed E-state index contributed by atoms with van der Waals surface area (Å²) in [6.45, 7) is 5.84. The van der Waals surface area contributed by atoms with Gasteiger partial charge in [-0.25, -0.2) is 0 Å². The van der Waals surface area contributed by atoms with Crippen molar-refractivity contribution in [2.75, 3.05) is 55.4 Å². The molecule has 0 amide bonds. The van der Waals surface area contributed by atoms with Crippen LogP contribution >= 0.6 is 11.8 Å². The lowest BCUT2D eigenvalue weighted by molar-refractivity contribution is 0.122. The first-order chi connectivity index (χ1) is 9.33. The zero-order valence-corrected chi connectivity index (χ0v) is 11.8. The highest BCUT2D eigenvalue weighted by Crippen LogP contribution is 2.19. The molecule has 0 bridgehead atoms. The molecule has 0 saturated carbocycles. The van der Waals surface area contributed by atoms with Crippen molar-refractivity contribution in [1.82, 2.24) is 15.0 Å². The highest BCUT2D eigenvalue weighted by molar-refractivity contribution is 7.99. The molecule has 0 aromatic carbocycles. The number of nitrogens with one attached hydrogen (secondary N) is 1. The van der Waals surface area contributed by atoms with Crippen LogP contribution in [-0.2, 0) is 4.74 Å². The number of morpholine rings is 1. The van der Waals surface area contributed by atoms with E-state index in [9.17, 15) is 0 Å². The third-order valence-corrected chi connectivity index (χ3v) is 3.38. The standard InChI is InChI=1S/C11H19N5O2S/c1-2-12-9-13-10(16-3-6-18-7-4-16)15-11(14-9)19-8-5-17/h17H,2-8H2,1H3,(H,12,13,14,15). The van der Waals surface area contributed by atoms with Gasteiger partial charge in [-0.05, 0) is 6.92 Å². The fourth-order valence-corrected chi connectivity index (χ4v) is 2.26. The zero-order chi connectivity index (χ0) is 13.5. The van der Waals surface area contributed by atoms with Gasteiger partial charge in [-0.1, -0.05) is 11.8 Å². The minimum absolute atomic E-state index is 0.111. The summed E-state index contributed by atoms with van der Waals surface area (Å²) in [6.07, 6.45) is 0. The number of aliphatic hydroxyl groups is 1. The Kier molecular flexibility index (Phi) is 5.62. The molecule has 0 radical (unpaired) electrons. The lowest BCUT2D eigenvalue weighted by Crippen LogP contribution is -2.37. The van der Waals surface area contributed by atoms with E-state index in [0.717, 1.165) is 19.6 Å². The first-order valence-corrected chi connectivity index (χ1v) is 7.38. The van der Waals surface area contributed by atoms with Crippen LogP contribution in [0.4, 0.5) is 11.9 Å². The molecule has 1 saturated heterocycles. The molecule has 106 valence electrons. The predicted molar refractivity (Wildman–Crippen MR) is 74.8 cm³/mol. The molecular formula is C11H19N5O2S. The molecule has 8 heteroatoms. The number of ether oxygens (including phenoxy) is 1. The molecule has 19 heavy (non-hydrogen) atoms. The Bertz CT molecular complexity index is 401. The minimum atomic E-state index is 0.111. The Labute approximate surface area is 116 Å². The number of hydrogen-bond acceptors (Lipinski definition) is 8. The Morgan fingerprint density at radius 3 is 2.79 bits per heavy atom. The van der Waals surface area contributed by atoms with Gasteiger partial charge >= 0.3 is 0 Å². The van der Waals surface area contributed by atoms with E-state index < -0.39 is 0 Å². The monoisotopic (exact) mass is 285 g/mol. The summed E-state index contributed by atoms with van der Waals surface area (Å²) >= 11 is 1.43. The van der Waals surface area contributed by atoms with Crippen molar-refractivity contribution in [3.63, 3.8) is 0 Å². The highest BCUT2D eigenvalue weighted by atomic mass is 32.2. The van der Waals surface area contributed by atoms with E-state index in [-0.39, 0.29) is 6.61 Å². The Balaban J connectivity index is 2.17. The molecule has 2 rings (SSSR count). The number of aliphatic hydroxyl groups excluding tert-OH is 1. The van der Waals surface area contributed by atoms with Crippen LogP contribution in [0.15, 0.2) is 5.16 Å². The Morgan fingerprint density at radius 1 is 1.32 bits per heavy atom. The van der Waals surface area contributed by atoms with Crippen LogP contribution in [0.3, 0.4) is 0 Å². The van der Waals surface area contributed by atoms with Crippen LogP contribution in [0.5, 0.6) is 0 Å². The molecule has 1 aromatic heterocycles. The van der Waals surface area contributed by atoms with Gasteiger partial charge in [0, 0.05) is 25.4 Å². The van der Waals surface area contributed by atoms with Gasteiger partial charge in [0.05, 0.1) is 19.8 Å². The van der Waals surface area contributed by atoms with E-state index in [2.05, 4.69) is 25.2 Å². The van der Waals surface area contributed by atoms with Crippen LogP contribution in [-0.4, -0.2) is 65.3 Å². The van der Waals surface area contributed by atoms with E-state index in [1.807, 2.05) is 6.92 Å². The van der Waals surface area contributed by atoms with Crippen LogP contribution in [0.2, 0.25) is 0 Å². The maximum Gasteiger partial charge on any atom is 0.231 e. The molecule has 0 unspecified atom stereocenters. The summed E-state index contributed by atoms with van der Waals surface area (Å²) in [5, 5.41) is 12.6. The van der Waals surface area contributed by atoms with Gasteiger partial charge in [-0.2, -0.15) is 15.0 Å². The summed E-state index contributed by atoms with van der Waals surface area (Å²) in [7, 11) is 0. The van der Waals surface area contributed by atoms with Crippen molar-refractivity contribution in [2.24, 2.45) is 0 Å². The zero-order valence-electron chi connectivity index (χ0n) is 11.0. The number of aromatic nitrogens is 3. The molecule has 1 aliphatic heterocycles. The fourth-order valence-electron chi connectivity index (χ4n) is 1.69. The lowest BCUT2D eigenvalue weighted by atomic mass is 10.4. The summed E-state index contributed by atoms with van der Waals surface area (Å²) in [6, 6.07) is 0. The average molecular weight is 285 g/mol. The van der Waals surface area contributed by atoms with Crippen molar-refractivity contribution < 1.29 is 9.84 Å². The fraction of sp³-hybridized carbons (Fsp3) is 0.727. The number of thioether (sulfide) groups is 1. The van der Waals surface area contributed by atoms with E-state index in [0.29, 0.717) is 36.0 Å². The molecule has 1 aromatic rings. The van der Waals surface area contributed by atoms with Gasteiger partial charge in [-0.15, -0.1) is 0 Å². The van der Waals surface area contributed by atoms with E-state index >= 15 is 0 Å². The number of nitrogens with zero attached hydrogens (tertiary/aromatic N) is 4. The molecule has 2 heterocycles. The van der Waals surface area contributed by atoms with Crippen LogP contribution in [0, 0.1) is 0 Å². The lowest BCUT2D eigenvalue weighted by Gasteiger charge is -2.27. The van der Waals surface area contributed by atoms with E-state index in [1.165, 1.54) is 11.8 Å². The summed E-state index contributed by atoms with van der Waals surface area (Å²) in [5.74, 6) is 1.84. The van der Waals surface area contributed by atoms with Crippen LogP contribution in [0.1, 0.15) is 6.92 Å². The van der Waals surface area contributed by atoms with Gasteiger partial charge in [0.15, 0.2) is 5.16 Å². The van der Waals surface area contributed by atoms with Gasteiger partial charge in [0.25, 0.3) is 0 Å². The Morgan fingerprint density at radius 2 is 2.11 bits per heavy atom. The first kappa shape index (κ1) is 14.3. The second-order valence-electron chi connectivity index (χ2n) is 3.94. The van der Waals surface area contributed by atoms with Gasteiger partial charge in [0.2, 0.25) is 11.9 Å². The SMILES string of the molecule is CCNc1nc(SCCO)nc(N2CCOCC2)n1. The largest absolute Gasteiger partial charge is 0.396 e. The molecule has 0 aliphatic carbocycles. The molecular weight excluding hydrogens is 266 g/mol. The van der Waals surface area contributed by atoms with Gasteiger partial charge < -0.3 is 20.1 Å². The summed E-state index contributed by atoms with van der Waals surface area (Å²) in [4.78, 5) is 15.3. The maximum absolute atomic E-state index is 8.88. The molecule has 2 N–H and O–H groups in total. The average Bonchev–Trinajstić information content (AvgIpc) is 2.46. The summed E-state index contributed by atoms with van der Waals surface area (Å²) < 4.78 is 5.33. The van der Waals surface area contributed by atoms with Crippen molar-refractivity contribution >= 4 is 23.7 Å². The van der Waals surface area contributed by atoms with E-state index in [1.54, 1.807) is 0 Å². The van der Waals surface area contributed by atoms with E-state index in [4.69, 9.17) is 9.84 Å². The van der Waals surface area contributed by atoms with Crippen molar-refractivity contribution in [3.05, 3.63) is 0 Å². The summed E-state index contributed by atoms with van der Waals surface area (Å²) in [5.41, 5.74) is 0. The third-order valence-electron chi connectivity index (χ3n) is 2.55. The molecule has 1 fully saturated rings. The molecule has 7 nitrogen and oxygen atoms in total. The molecule has 0 spiro atoms. The second kappa shape index (κ2) is 7.46. The van der Waals surface area contributed by atoms with Crippen molar-refractivity contribution in [1.29, 1.82) is 0 Å². The quantitative estimate of drug-likeness (QED) is 0.718. The minimum Gasteiger partial charge on any atom is -0.396 e. The third kappa shape index (κ3) is 4.19. The molecule has 0 atom stereocenters. The predicted octanol–water partition coefficient (Wildman–Crippen LogP) is 0.224. The number of hydrogen-bond donors (Lipinski definition) is 2. The van der Waals surface area contributed by atoms with Crippen LogP contribution in [0.25, 0.3) is 0 Å². The van der Waals surface area contributed by atoms with Gasteiger partial charge in [0.1, 0.15) is 0 Å². The second-order valence-corrected chi connectivity index (χ2v) is 5.01. The van der Waals surface area contributed by atoms with Gasteiger partial charge in [-0.3, -0.25) is 0 Å². The normalized spacial score (nSPS) is 15.6. The smallest absolute Gasteiger partial charge is 0.231 e. The highest BCUT2D eigenvalue weighted by Gasteiger charge is 2.16. The topological polar surface area (TPSA) is 83.4 Å². The number of rotatable bonds is 6. The number of anilines is 2. The molecule has 1 aliphatic rings. The van der Waals surface area contributed by atoms with Crippen molar-refractivity contribution in [2.45, 2.75) is 12.1 Å². The van der Waals surface area contributed by atoms with Crippen molar-refractivity contribution in [3.8, 4) is 0 Å². The van der Waals surface area contributed by atoms with Crippen LogP contribution < -0.4 is 10.2 Å². The first-order valence-electron chi connectivity index (χ1n) is 6.39. The Hall–Kier alpha value is -1.12.